The number of rotatable bonds is 4. The van der Waals surface area contributed by atoms with Gasteiger partial charge in [0.05, 0.1) is 0 Å². The highest BCUT2D eigenvalue weighted by atomic mass is 14.8. The van der Waals surface area contributed by atoms with Gasteiger partial charge in [-0.3, -0.25) is 4.99 Å². The van der Waals surface area contributed by atoms with Crippen molar-refractivity contribution in [2.75, 3.05) is 0 Å². The minimum absolute atomic E-state index is 0.283. The minimum atomic E-state index is 0.283. The van der Waals surface area contributed by atoms with Gasteiger partial charge in [-0.25, -0.2) is 0 Å². The second kappa shape index (κ2) is 7.68. The predicted octanol–water partition coefficient (Wildman–Crippen LogP) is 4.08. The van der Waals surface area contributed by atoms with E-state index in [0.717, 1.165) is 24.1 Å². The van der Waals surface area contributed by atoms with Crippen molar-refractivity contribution in [3.63, 3.8) is 0 Å². The van der Waals surface area contributed by atoms with Crippen molar-refractivity contribution in [2.24, 2.45) is 4.99 Å². The average molecular weight is 227 g/mol. The summed E-state index contributed by atoms with van der Waals surface area (Å²) >= 11 is 0. The van der Waals surface area contributed by atoms with Gasteiger partial charge in [0.2, 0.25) is 0 Å². The van der Waals surface area contributed by atoms with Crippen LogP contribution in [0.15, 0.2) is 35.3 Å². The number of unbranched alkanes of at least 4 members (excludes halogenated alkanes) is 2. The Bertz CT molecular complexity index is 404. The largest absolute Gasteiger partial charge is 0.273 e. The van der Waals surface area contributed by atoms with Crippen molar-refractivity contribution in [2.45, 2.75) is 46.1 Å². The van der Waals surface area contributed by atoms with Crippen molar-refractivity contribution in [3.8, 4) is 11.8 Å². The fraction of sp³-hybridized carbons (Fsp3) is 0.438. The summed E-state index contributed by atoms with van der Waals surface area (Å²) in [6.07, 6.45) is 3.31. The monoisotopic (exact) mass is 227 g/mol. The molecule has 0 aliphatic carbocycles. The number of nitrogens with zero attached hydrogens (tertiary/aromatic N) is 1. The molecule has 0 bridgehead atoms. The summed E-state index contributed by atoms with van der Waals surface area (Å²) in [6.45, 7) is 6.34. The van der Waals surface area contributed by atoms with Crippen LogP contribution in [0, 0.1) is 11.8 Å². The number of hydrogen-bond acceptors (Lipinski definition) is 1. The topological polar surface area (TPSA) is 12.4 Å². The Kier molecular flexibility index (Phi) is 6.10. The predicted molar refractivity (Wildman–Crippen MR) is 75.4 cm³/mol. The second-order valence-corrected chi connectivity index (χ2v) is 4.34. The zero-order valence-corrected chi connectivity index (χ0v) is 11.0. The molecule has 0 aromatic heterocycles. The van der Waals surface area contributed by atoms with Gasteiger partial charge < -0.3 is 0 Å². The third-order valence-corrected chi connectivity index (χ3v) is 2.30. The molecule has 1 aromatic carbocycles. The van der Waals surface area contributed by atoms with E-state index in [2.05, 4.69) is 49.7 Å². The molecule has 0 saturated carbocycles. The molecule has 0 unspecified atom stereocenters. The molecule has 1 aromatic rings. The summed E-state index contributed by atoms with van der Waals surface area (Å²) in [4.78, 5) is 4.59. The molecule has 1 nitrogen and oxygen atoms in total. The molecule has 0 spiro atoms. The van der Waals surface area contributed by atoms with Crippen LogP contribution in [0.2, 0.25) is 0 Å². The molecule has 1 rings (SSSR count). The Morgan fingerprint density at radius 2 is 1.94 bits per heavy atom. The molecule has 0 radical (unpaired) electrons. The number of hydrogen-bond donors (Lipinski definition) is 0. The van der Waals surface area contributed by atoms with Crippen LogP contribution in [0.4, 0.5) is 0 Å². The first-order valence-electron chi connectivity index (χ1n) is 6.36. The molecule has 1 heteroatoms. The quantitative estimate of drug-likeness (QED) is 0.417. The van der Waals surface area contributed by atoms with Crippen LogP contribution >= 0.6 is 0 Å². The van der Waals surface area contributed by atoms with E-state index in [1.807, 2.05) is 18.2 Å². The smallest absolute Gasteiger partial charge is 0.115 e. The van der Waals surface area contributed by atoms with Gasteiger partial charge in [0.15, 0.2) is 0 Å². The van der Waals surface area contributed by atoms with Crippen molar-refractivity contribution >= 4 is 5.71 Å². The van der Waals surface area contributed by atoms with Gasteiger partial charge in [-0.05, 0) is 26.2 Å². The maximum Gasteiger partial charge on any atom is 0.115 e. The Morgan fingerprint density at radius 3 is 2.53 bits per heavy atom. The van der Waals surface area contributed by atoms with Crippen LogP contribution in [0.3, 0.4) is 0 Å². The summed E-state index contributed by atoms with van der Waals surface area (Å²) in [5.74, 6) is 6.41. The van der Waals surface area contributed by atoms with Crippen LogP contribution < -0.4 is 0 Å². The van der Waals surface area contributed by atoms with Gasteiger partial charge in [-0.1, -0.05) is 49.6 Å². The van der Waals surface area contributed by atoms with E-state index >= 15 is 0 Å². The van der Waals surface area contributed by atoms with Gasteiger partial charge in [-0.2, -0.15) is 0 Å². The molecule has 90 valence electrons. The summed E-state index contributed by atoms with van der Waals surface area (Å²) in [5, 5.41) is 0. The number of aliphatic imine (C=N–C) groups is 1. The third-order valence-electron chi connectivity index (χ3n) is 2.30. The zero-order valence-electron chi connectivity index (χ0n) is 11.0. The zero-order chi connectivity index (χ0) is 12.5. The fourth-order valence-corrected chi connectivity index (χ4v) is 1.44. The summed E-state index contributed by atoms with van der Waals surface area (Å²) in [6, 6.07) is 10.5. The lowest BCUT2D eigenvalue weighted by Gasteiger charge is -2.02. The van der Waals surface area contributed by atoms with Crippen molar-refractivity contribution in [1.82, 2.24) is 0 Å². The molecule has 0 aliphatic rings. The number of benzene rings is 1. The average Bonchev–Trinajstić information content (AvgIpc) is 2.34. The molecule has 0 amide bonds. The van der Waals surface area contributed by atoms with Crippen molar-refractivity contribution in [1.29, 1.82) is 0 Å². The van der Waals surface area contributed by atoms with Gasteiger partial charge in [-0.15, -0.1) is 0 Å². The van der Waals surface area contributed by atoms with Gasteiger partial charge >= 0.3 is 0 Å². The first kappa shape index (κ1) is 13.5. The van der Waals surface area contributed by atoms with Crippen LogP contribution in [0.1, 0.15) is 45.6 Å². The lowest BCUT2D eigenvalue weighted by molar-refractivity contribution is 0.827. The molecule has 0 N–H and O–H groups in total. The lowest BCUT2D eigenvalue weighted by atomic mass is 10.1. The third kappa shape index (κ3) is 5.36. The SMILES string of the molecule is CCCCC#CC(=NC(C)C)c1ccccc1. The summed E-state index contributed by atoms with van der Waals surface area (Å²) in [7, 11) is 0. The fourth-order valence-electron chi connectivity index (χ4n) is 1.44. The van der Waals surface area contributed by atoms with Crippen LogP contribution in [-0.2, 0) is 0 Å². The van der Waals surface area contributed by atoms with E-state index in [1.165, 1.54) is 6.42 Å². The highest BCUT2D eigenvalue weighted by Crippen LogP contribution is 2.03. The van der Waals surface area contributed by atoms with E-state index < -0.39 is 0 Å². The molecule has 17 heavy (non-hydrogen) atoms. The Morgan fingerprint density at radius 1 is 1.24 bits per heavy atom. The Balaban J connectivity index is 2.85. The van der Waals surface area contributed by atoms with Crippen molar-refractivity contribution < 1.29 is 0 Å². The molecule has 0 heterocycles. The normalized spacial score (nSPS) is 11.2. The van der Waals surface area contributed by atoms with Gasteiger partial charge in [0, 0.05) is 18.0 Å². The molecule has 0 atom stereocenters. The van der Waals surface area contributed by atoms with E-state index in [9.17, 15) is 0 Å². The molecule has 0 aliphatic heterocycles. The van der Waals surface area contributed by atoms with Crippen LogP contribution in [-0.4, -0.2) is 11.8 Å². The maximum absolute atomic E-state index is 4.59. The maximum atomic E-state index is 4.59. The molecular formula is C16H21N. The van der Waals surface area contributed by atoms with Gasteiger partial charge in [0.25, 0.3) is 0 Å². The van der Waals surface area contributed by atoms with E-state index in [1.54, 1.807) is 0 Å². The van der Waals surface area contributed by atoms with Gasteiger partial charge in [0.1, 0.15) is 5.71 Å². The minimum Gasteiger partial charge on any atom is -0.273 e. The second-order valence-electron chi connectivity index (χ2n) is 4.34. The molecule has 0 saturated heterocycles. The Hall–Kier alpha value is -1.55. The van der Waals surface area contributed by atoms with Crippen LogP contribution in [0.5, 0.6) is 0 Å². The molecule has 0 fully saturated rings. The standard InChI is InChI=1S/C16H21N/c1-4-5-6-10-13-16(17-14(2)3)15-11-8-7-9-12-15/h7-9,11-12,14H,4-6H2,1-3H3. The summed E-state index contributed by atoms with van der Waals surface area (Å²) < 4.78 is 0. The van der Waals surface area contributed by atoms with E-state index in [0.29, 0.717) is 0 Å². The highest BCUT2D eigenvalue weighted by molar-refractivity contribution is 6.13. The molecular weight excluding hydrogens is 206 g/mol. The first-order valence-corrected chi connectivity index (χ1v) is 6.36. The Labute approximate surface area is 105 Å². The first-order chi connectivity index (χ1) is 8.24. The highest BCUT2D eigenvalue weighted by Gasteiger charge is 1.99. The van der Waals surface area contributed by atoms with E-state index in [4.69, 9.17) is 0 Å². The lowest BCUT2D eigenvalue weighted by Crippen LogP contribution is -2.02. The van der Waals surface area contributed by atoms with Crippen LogP contribution in [0.25, 0.3) is 0 Å². The summed E-state index contributed by atoms with van der Waals surface area (Å²) in [5.41, 5.74) is 2.03. The van der Waals surface area contributed by atoms with Crippen molar-refractivity contribution in [3.05, 3.63) is 35.9 Å². The van der Waals surface area contributed by atoms with E-state index in [-0.39, 0.29) is 6.04 Å².